The number of rotatable bonds is 3. The maximum atomic E-state index is 13.0. The predicted molar refractivity (Wildman–Crippen MR) is 107 cm³/mol. The van der Waals surface area contributed by atoms with E-state index in [1.54, 1.807) is 0 Å². The van der Waals surface area contributed by atoms with Crippen LogP contribution in [-0.2, 0) is 18.5 Å². The second-order valence-electron chi connectivity index (χ2n) is 7.38. The van der Waals surface area contributed by atoms with Crippen LogP contribution in [0.2, 0.25) is 0 Å². The number of hydrogen-bond donors (Lipinski definition) is 0. The van der Waals surface area contributed by atoms with E-state index < -0.39 is 35.2 Å². The number of nitrogens with zero attached hydrogens (tertiary/aromatic N) is 3. The SMILES string of the molecule is FC(F)(F)c1ccc(-c2nnc(-c3ccc(C(F)(F)F)cc3)n2-c2ccc(C(F)(F)F)cc2)cc1. The van der Waals surface area contributed by atoms with Gasteiger partial charge in [-0.2, -0.15) is 39.5 Å². The first-order valence-electron chi connectivity index (χ1n) is 9.73. The van der Waals surface area contributed by atoms with Gasteiger partial charge in [0, 0.05) is 16.8 Å². The Kier molecular flexibility index (Phi) is 5.86. The zero-order valence-electron chi connectivity index (χ0n) is 17.2. The highest BCUT2D eigenvalue weighted by Crippen LogP contribution is 2.35. The highest BCUT2D eigenvalue weighted by Gasteiger charge is 2.32. The highest BCUT2D eigenvalue weighted by atomic mass is 19.4. The van der Waals surface area contributed by atoms with Crippen molar-refractivity contribution in [1.82, 2.24) is 14.8 Å². The summed E-state index contributed by atoms with van der Waals surface area (Å²) in [6.45, 7) is 0. The van der Waals surface area contributed by atoms with Crippen LogP contribution in [0.5, 0.6) is 0 Å². The fraction of sp³-hybridized carbons (Fsp3) is 0.130. The van der Waals surface area contributed by atoms with Crippen molar-refractivity contribution in [2.75, 3.05) is 0 Å². The lowest BCUT2D eigenvalue weighted by Crippen LogP contribution is -2.07. The summed E-state index contributed by atoms with van der Waals surface area (Å²) in [5.74, 6) is -0.0400. The Morgan fingerprint density at radius 1 is 0.429 bits per heavy atom. The largest absolute Gasteiger partial charge is 0.416 e. The van der Waals surface area contributed by atoms with Crippen molar-refractivity contribution >= 4 is 0 Å². The van der Waals surface area contributed by atoms with E-state index in [2.05, 4.69) is 10.2 Å². The fourth-order valence-corrected chi connectivity index (χ4v) is 3.32. The molecule has 182 valence electrons. The van der Waals surface area contributed by atoms with Crippen molar-refractivity contribution in [2.45, 2.75) is 18.5 Å². The van der Waals surface area contributed by atoms with E-state index in [4.69, 9.17) is 0 Å². The summed E-state index contributed by atoms with van der Waals surface area (Å²) in [4.78, 5) is 0. The number of aromatic nitrogens is 3. The van der Waals surface area contributed by atoms with E-state index in [1.807, 2.05) is 0 Å². The molecule has 0 saturated carbocycles. The molecule has 4 rings (SSSR count). The van der Waals surface area contributed by atoms with E-state index in [9.17, 15) is 39.5 Å². The lowest BCUT2D eigenvalue weighted by molar-refractivity contribution is -0.138. The molecule has 0 fully saturated rings. The summed E-state index contributed by atoms with van der Waals surface area (Å²) in [5, 5.41) is 7.92. The van der Waals surface area contributed by atoms with Crippen LogP contribution in [0.15, 0.2) is 72.8 Å². The van der Waals surface area contributed by atoms with Crippen molar-refractivity contribution in [3.05, 3.63) is 89.5 Å². The van der Waals surface area contributed by atoms with Gasteiger partial charge in [-0.1, -0.05) is 24.3 Å². The van der Waals surface area contributed by atoms with E-state index in [0.717, 1.165) is 72.8 Å². The first-order valence-corrected chi connectivity index (χ1v) is 9.73. The summed E-state index contributed by atoms with van der Waals surface area (Å²) in [6.07, 6.45) is -13.8. The van der Waals surface area contributed by atoms with Gasteiger partial charge in [0.1, 0.15) is 0 Å². The molecule has 0 aliphatic rings. The Morgan fingerprint density at radius 3 is 1.00 bits per heavy atom. The van der Waals surface area contributed by atoms with Gasteiger partial charge in [0.2, 0.25) is 0 Å². The lowest BCUT2D eigenvalue weighted by Gasteiger charge is -2.14. The summed E-state index contributed by atoms with van der Waals surface area (Å²) in [7, 11) is 0. The topological polar surface area (TPSA) is 30.7 Å². The molecule has 0 amide bonds. The third-order valence-electron chi connectivity index (χ3n) is 5.06. The van der Waals surface area contributed by atoms with E-state index in [1.165, 1.54) is 4.57 Å². The van der Waals surface area contributed by atoms with Crippen LogP contribution >= 0.6 is 0 Å². The van der Waals surface area contributed by atoms with Crippen molar-refractivity contribution in [2.24, 2.45) is 0 Å². The summed E-state index contributed by atoms with van der Waals surface area (Å²) in [5.41, 5.74) is -2.36. The maximum Gasteiger partial charge on any atom is 0.416 e. The van der Waals surface area contributed by atoms with Crippen LogP contribution in [0.4, 0.5) is 39.5 Å². The molecule has 0 atom stereocenters. The smallest absolute Gasteiger partial charge is 0.275 e. The van der Waals surface area contributed by atoms with Gasteiger partial charge in [-0.25, -0.2) is 0 Å². The van der Waals surface area contributed by atoms with Crippen LogP contribution in [0.1, 0.15) is 16.7 Å². The molecular weight excluding hydrogens is 489 g/mol. The first kappa shape index (κ1) is 24.3. The normalized spacial score (nSPS) is 12.7. The Morgan fingerprint density at radius 2 is 0.714 bits per heavy atom. The molecule has 0 radical (unpaired) electrons. The van der Waals surface area contributed by atoms with Crippen molar-refractivity contribution in [3.63, 3.8) is 0 Å². The highest BCUT2D eigenvalue weighted by molar-refractivity contribution is 5.67. The summed E-state index contributed by atoms with van der Waals surface area (Å²) < 4.78 is 118. The average Bonchev–Trinajstić information content (AvgIpc) is 3.23. The quantitative estimate of drug-likeness (QED) is 0.270. The molecule has 0 bridgehead atoms. The van der Waals surface area contributed by atoms with Gasteiger partial charge in [0.15, 0.2) is 11.6 Å². The molecule has 0 spiro atoms. The van der Waals surface area contributed by atoms with Crippen LogP contribution in [0, 0.1) is 0 Å². The molecule has 12 heteroatoms. The van der Waals surface area contributed by atoms with Gasteiger partial charge in [-0.3, -0.25) is 4.57 Å². The lowest BCUT2D eigenvalue weighted by atomic mass is 10.1. The summed E-state index contributed by atoms with van der Waals surface area (Å²) in [6, 6.07) is 11.5. The summed E-state index contributed by atoms with van der Waals surface area (Å²) >= 11 is 0. The van der Waals surface area contributed by atoms with Crippen LogP contribution in [-0.4, -0.2) is 14.8 Å². The zero-order chi connectivity index (χ0) is 25.6. The van der Waals surface area contributed by atoms with Crippen molar-refractivity contribution in [3.8, 4) is 28.5 Å². The minimum absolute atomic E-state index is 0.0200. The zero-order valence-corrected chi connectivity index (χ0v) is 17.2. The Labute approximate surface area is 191 Å². The van der Waals surface area contributed by atoms with Gasteiger partial charge < -0.3 is 0 Å². The van der Waals surface area contributed by atoms with Crippen molar-refractivity contribution < 1.29 is 39.5 Å². The molecule has 0 saturated heterocycles. The van der Waals surface area contributed by atoms with Gasteiger partial charge in [-0.05, 0) is 48.5 Å². The number of halogens is 9. The van der Waals surface area contributed by atoms with E-state index in [-0.39, 0.29) is 28.5 Å². The minimum atomic E-state index is -4.61. The molecule has 4 aromatic rings. The molecule has 3 aromatic carbocycles. The Balaban J connectivity index is 1.86. The fourth-order valence-electron chi connectivity index (χ4n) is 3.32. The average molecular weight is 501 g/mol. The third kappa shape index (κ3) is 5.00. The molecule has 3 nitrogen and oxygen atoms in total. The monoisotopic (exact) mass is 501 g/mol. The van der Waals surface area contributed by atoms with Gasteiger partial charge >= 0.3 is 18.5 Å². The van der Waals surface area contributed by atoms with E-state index in [0.29, 0.717) is 0 Å². The molecule has 0 unspecified atom stereocenters. The van der Waals surface area contributed by atoms with E-state index >= 15 is 0 Å². The third-order valence-corrected chi connectivity index (χ3v) is 5.06. The molecule has 1 aromatic heterocycles. The molecule has 35 heavy (non-hydrogen) atoms. The maximum absolute atomic E-state index is 13.0. The Bertz CT molecular complexity index is 1240. The molecular formula is C23H12F9N3. The first-order chi connectivity index (χ1) is 16.2. The molecule has 0 N–H and O–H groups in total. The van der Waals surface area contributed by atoms with Gasteiger partial charge in [-0.15, -0.1) is 10.2 Å². The number of alkyl halides is 9. The second kappa shape index (κ2) is 8.43. The minimum Gasteiger partial charge on any atom is -0.275 e. The second-order valence-corrected chi connectivity index (χ2v) is 7.38. The molecule has 1 heterocycles. The number of benzene rings is 3. The van der Waals surface area contributed by atoms with Gasteiger partial charge in [0.05, 0.1) is 16.7 Å². The number of hydrogen-bond acceptors (Lipinski definition) is 2. The van der Waals surface area contributed by atoms with Crippen LogP contribution < -0.4 is 0 Å². The van der Waals surface area contributed by atoms with Crippen molar-refractivity contribution in [1.29, 1.82) is 0 Å². The predicted octanol–water partition coefficient (Wildman–Crippen LogP) is 7.66. The Hall–Kier alpha value is -3.83. The van der Waals surface area contributed by atoms with Crippen LogP contribution in [0.25, 0.3) is 28.5 Å². The molecule has 0 aliphatic carbocycles. The van der Waals surface area contributed by atoms with Gasteiger partial charge in [0.25, 0.3) is 0 Å². The standard InChI is InChI=1S/C23H12F9N3/c24-21(25,26)15-5-1-13(2-6-15)19-33-34-20(14-3-7-16(8-4-14)22(27,28)29)35(19)18-11-9-17(10-12-18)23(30,31)32/h1-12H. The molecule has 0 aliphatic heterocycles. The van der Waals surface area contributed by atoms with Crippen LogP contribution in [0.3, 0.4) is 0 Å².